The van der Waals surface area contributed by atoms with Crippen molar-refractivity contribution < 1.29 is 13.5 Å². The van der Waals surface area contributed by atoms with Gasteiger partial charge in [-0.25, -0.2) is 8.42 Å². The zero-order chi connectivity index (χ0) is 27.1. The molecule has 0 aromatic rings. The molecule has 3 aliphatic rings. The first-order valence-corrected chi connectivity index (χ1v) is 15.1. The fourth-order valence-corrected chi connectivity index (χ4v) is 8.91. The third kappa shape index (κ3) is 5.36. The normalized spacial score (nSPS) is 32.9. The van der Waals surface area contributed by atoms with Crippen LogP contribution in [0.4, 0.5) is 0 Å². The van der Waals surface area contributed by atoms with Crippen molar-refractivity contribution in [1.29, 1.82) is 0 Å². The molecule has 1 unspecified atom stereocenters. The van der Waals surface area contributed by atoms with E-state index in [-0.39, 0.29) is 5.41 Å². The first-order valence-electron chi connectivity index (χ1n) is 13.6. The molecule has 1 N–H and O–H groups in total. The van der Waals surface area contributed by atoms with Crippen LogP contribution in [-0.2, 0) is 9.84 Å². The molecule has 0 saturated heterocycles. The standard InChI is InChI=1S/C30H47NO4S/c1-20(15-17-29(6,7)36(34,35)28(3,4)5)25-13-14-26-22(10-9-16-30(25,26)8)11-12-23-18-24(32)19-27(31-33)21(23)2/h11-13,20,24,26-27,32H,2,9-10,14-19H2,1,3-8H3/b22-11+,23-12-/t20-,24-,26?,27+,30-/m1/s1. The molecule has 202 valence electrons. The second-order valence-corrected chi connectivity index (χ2v) is 16.5. The Hall–Kier alpha value is -1.53. The maximum Gasteiger partial charge on any atom is 0.160 e. The number of nitroso groups, excluding NO2 is 1. The van der Waals surface area contributed by atoms with Crippen LogP contribution in [0.2, 0.25) is 0 Å². The van der Waals surface area contributed by atoms with E-state index < -0.39 is 31.5 Å². The minimum absolute atomic E-state index is 0.0883. The molecule has 0 heterocycles. The van der Waals surface area contributed by atoms with E-state index in [4.69, 9.17) is 0 Å². The van der Waals surface area contributed by atoms with Gasteiger partial charge in [0.05, 0.1) is 15.6 Å². The Morgan fingerprint density at radius 2 is 1.92 bits per heavy atom. The van der Waals surface area contributed by atoms with Crippen LogP contribution in [0.25, 0.3) is 0 Å². The predicted octanol–water partition coefficient (Wildman–Crippen LogP) is 7.23. The van der Waals surface area contributed by atoms with Crippen molar-refractivity contribution in [2.45, 2.75) is 121 Å². The van der Waals surface area contributed by atoms with E-state index in [0.717, 1.165) is 43.3 Å². The highest BCUT2D eigenvalue weighted by molar-refractivity contribution is 7.94. The topological polar surface area (TPSA) is 83.8 Å². The molecular formula is C30H47NO4S. The Morgan fingerprint density at radius 3 is 2.53 bits per heavy atom. The van der Waals surface area contributed by atoms with Gasteiger partial charge in [-0.3, -0.25) is 0 Å². The molecule has 3 rings (SSSR count). The maximum absolute atomic E-state index is 13.2. The molecule has 2 fully saturated rings. The molecule has 0 aromatic carbocycles. The van der Waals surface area contributed by atoms with Crippen LogP contribution in [-0.4, -0.2) is 35.2 Å². The summed E-state index contributed by atoms with van der Waals surface area (Å²) in [5.41, 5.74) is 4.66. The molecule has 5 atom stereocenters. The van der Waals surface area contributed by atoms with Gasteiger partial charge in [-0.1, -0.05) is 55.0 Å². The van der Waals surface area contributed by atoms with Gasteiger partial charge >= 0.3 is 0 Å². The van der Waals surface area contributed by atoms with Crippen LogP contribution in [0, 0.1) is 22.2 Å². The molecule has 2 saturated carbocycles. The lowest BCUT2D eigenvalue weighted by molar-refractivity contribution is 0.151. The van der Waals surface area contributed by atoms with Crippen LogP contribution in [0.1, 0.15) is 99.8 Å². The second kappa shape index (κ2) is 10.3. The summed E-state index contributed by atoms with van der Waals surface area (Å²) in [7, 11) is -3.26. The van der Waals surface area contributed by atoms with Gasteiger partial charge in [0.25, 0.3) is 0 Å². The lowest BCUT2D eigenvalue weighted by Gasteiger charge is -2.43. The summed E-state index contributed by atoms with van der Waals surface area (Å²) >= 11 is 0. The van der Waals surface area contributed by atoms with Crippen molar-refractivity contribution in [3.05, 3.63) is 52.0 Å². The summed E-state index contributed by atoms with van der Waals surface area (Å²) in [5.74, 6) is 0.772. The van der Waals surface area contributed by atoms with Gasteiger partial charge in [0.1, 0.15) is 6.04 Å². The molecular weight excluding hydrogens is 470 g/mol. The van der Waals surface area contributed by atoms with Crippen LogP contribution >= 0.6 is 0 Å². The first-order chi connectivity index (χ1) is 16.5. The van der Waals surface area contributed by atoms with E-state index in [2.05, 4.69) is 43.8 Å². The quantitative estimate of drug-likeness (QED) is 0.285. The van der Waals surface area contributed by atoms with Gasteiger partial charge in [-0.05, 0) is 108 Å². The fraction of sp³-hybridized carbons (Fsp3) is 0.733. The van der Waals surface area contributed by atoms with Crippen molar-refractivity contribution in [1.82, 2.24) is 0 Å². The summed E-state index contributed by atoms with van der Waals surface area (Å²) < 4.78 is 24.8. The van der Waals surface area contributed by atoms with Crippen LogP contribution in [0.5, 0.6) is 0 Å². The Bertz CT molecular complexity index is 1070. The largest absolute Gasteiger partial charge is 0.393 e. The van der Waals surface area contributed by atoms with Crippen LogP contribution in [0.3, 0.4) is 0 Å². The molecule has 0 aromatic heterocycles. The number of aliphatic hydroxyl groups is 1. The smallest absolute Gasteiger partial charge is 0.160 e. The zero-order valence-electron chi connectivity index (χ0n) is 23.4. The fourth-order valence-electron chi connectivity index (χ4n) is 6.87. The van der Waals surface area contributed by atoms with E-state index in [1.165, 1.54) is 11.1 Å². The number of nitrogens with zero attached hydrogens (tertiary/aromatic N) is 1. The molecule has 3 aliphatic carbocycles. The summed E-state index contributed by atoms with van der Waals surface area (Å²) in [6.07, 6.45) is 12.9. The van der Waals surface area contributed by atoms with E-state index in [0.29, 0.717) is 31.1 Å². The molecule has 0 radical (unpaired) electrons. The number of allylic oxidation sites excluding steroid dienone is 5. The highest BCUT2D eigenvalue weighted by Gasteiger charge is 2.47. The number of hydrogen-bond acceptors (Lipinski definition) is 5. The summed E-state index contributed by atoms with van der Waals surface area (Å²) in [6, 6.07) is -0.540. The Labute approximate surface area is 219 Å². The van der Waals surface area contributed by atoms with Gasteiger partial charge in [-0.15, -0.1) is 0 Å². The number of fused-ring (bicyclic) bond motifs is 1. The minimum Gasteiger partial charge on any atom is -0.393 e. The monoisotopic (exact) mass is 517 g/mol. The molecule has 0 aliphatic heterocycles. The van der Waals surface area contributed by atoms with Crippen molar-refractivity contribution in [2.75, 3.05) is 0 Å². The SMILES string of the molecule is C=C1/C(=C\C=C2/CCC[C@]3(C)C([C@H](C)CCC(C)(C)S(=O)(=O)C(C)(C)C)=CCC23)C[C@@H](O)C[C@@H]1N=O. The summed E-state index contributed by atoms with van der Waals surface area (Å²) in [5, 5.41) is 13.3. The van der Waals surface area contributed by atoms with Crippen molar-refractivity contribution >= 4 is 9.84 Å². The number of aliphatic hydroxyl groups excluding tert-OH is 1. The van der Waals surface area contributed by atoms with Crippen LogP contribution < -0.4 is 0 Å². The van der Waals surface area contributed by atoms with E-state index in [9.17, 15) is 18.4 Å². The molecule has 36 heavy (non-hydrogen) atoms. The molecule has 0 amide bonds. The first kappa shape index (κ1) is 29.0. The van der Waals surface area contributed by atoms with E-state index >= 15 is 0 Å². The lowest BCUT2D eigenvalue weighted by atomic mass is 9.62. The van der Waals surface area contributed by atoms with Gasteiger partial charge in [-0.2, -0.15) is 4.91 Å². The minimum atomic E-state index is -3.26. The van der Waals surface area contributed by atoms with Crippen molar-refractivity contribution in [3.63, 3.8) is 0 Å². The van der Waals surface area contributed by atoms with Gasteiger partial charge in [0, 0.05) is 6.42 Å². The highest BCUT2D eigenvalue weighted by Crippen LogP contribution is 2.57. The van der Waals surface area contributed by atoms with Crippen molar-refractivity contribution in [2.24, 2.45) is 22.4 Å². The summed E-state index contributed by atoms with van der Waals surface area (Å²) in [6.45, 7) is 17.9. The van der Waals surface area contributed by atoms with Crippen LogP contribution in [0.15, 0.2) is 52.3 Å². The number of sulfone groups is 1. The Balaban J connectivity index is 1.76. The zero-order valence-corrected chi connectivity index (χ0v) is 24.2. The second-order valence-electron chi connectivity index (χ2n) is 13.2. The lowest BCUT2D eigenvalue weighted by Crippen LogP contribution is -2.44. The Morgan fingerprint density at radius 1 is 1.25 bits per heavy atom. The van der Waals surface area contributed by atoms with Gasteiger partial charge in [0.2, 0.25) is 0 Å². The Kier molecular flexibility index (Phi) is 8.32. The van der Waals surface area contributed by atoms with Crippen molar-refractivity contribution in [3.8, 4) is 0 Å². The molecule has 5 nitrogen and oxygen atoms in total. The van der Waals surface area contributed by atoms with Gasteiger partial charge in [0.15, 0.2) is 9.84 Å². The third-order valence-electron chi connectivity index (χ3n) is 9.25. The third-order valence-corrected chi connectivity index (χ3v) is 12.5. The number of rotatable bonds is 7. The average Bonchev–Trinajstić information content (AvgIpc) is 3.14. The molecule has 6 heteroatoms. The molecule has 0 bridgehead atoms. The highest BCUT2D eigenvalue weighted by atomic mass is 32.2. The predicted molar refractivity (Wildman–Crippen MR) is 149 cm³/mol. The van der Waals surface area contributed by atoms with E-state index in [1.54, 1.807) is 20.8 Å². The maximum atomic E-state index is 13.2. The summed E-state index contributed by atoms with van der Waals surface area (Å²) in [4.78, 5) is 11.2. The average molecular weight is 518 g/mol. The van der Waals surface area contributed by atoms with E-state index in [1.807, 2.05) is 13.8 Å². The molecule has 0 spiro atoms. The number of hydrogen-bond donors (Lipinski definition) is 1. The van der Waals surface area contributed by atoms with Gasteiger partial charge < -0.3 is 5.11 Å².